The monoisotopic (exact) mass is 433 g/mol. The number of piperidine rings is 1. The summed E-state index contributed by atoms with van der Waals surface area (Å²) in [6.45, 7) is 2.35. The number of rotatable bonds is 5. The highest BCUT2D eigenvalue weighted by Crippen LogP contribution is 2.32. The molecule has 1 aliphatic carbocycles. The molecular formula is C22H31N3O4S. The van der Waals surface area contributed by atoms with Gasteiger partial charge in [0.25, 0.3) is 0 Å². The predicted molar refractivity (Wildman–Crippen MR) is 114 cm³/mol. The van der Waals surface area contributed by atoms with Crippen LogP contribution in [0.2, 0.25) is 0 Å². The number of hydrogen-bond donors (Lipinski definition) is 1. The van der Waals surface area contributed by atoms with Crippen LogP contribution < -0.4 is 5.32 Å². The van der Waals surface area contributed by atoms with E-state index in [-0.39, 0.29) is 28.5 Å². The molecule has 30 heavy (non-hydrogen) atoms. The average molecular weight is 434 g/mol. The van der Waals surface area contributed by atoms with Gasteiger partial charge < -0.3 is 10.2 Å². The van der Waals surface area contributed by atoms with E-state index in [1.807, 2.05) is 4.90 Å². The van der Waals surface area contributed by atoms with Gasteiger partial charge in [0.1, 0.15) is 0 Å². The molecule has 164 valence electrons. The molecule has 0 bridgehead atoms. The summed E-state index contributed by atoms with van der Waals surface area (Å²) in [6.07, 6.45) is 7.19. The van der Waals surface area contributed by atoms with Crippen molar-refractivity contribution in [3.63, 3.8) is 0 Å². The first-order valence-electron chi connectivity index (χ1n) is 11.1. The smallest absolute Gasteiger partial charge is 0.243 e. The second-order valence-electron chi connectivity index (χ2n) is 8.71. The van der Waals surface area contributed by atoms with E-state index in [2.05, 4.69) is 5.32 Å². The Kier molecular flexibility index (Phi) is 6.43. The summed E-state index contributed by atoms with van der Waals surface area (Å²) < 4.78 is 27.6. The zero-order valence-electron chi connectivity index (χ0n) is 17.4. The first-order chi connectivity index (χ1) is 14.4. The SMILES string of the molecule is O=C(Nc1cccc(S(=O)(=O)N2CCCCCC2)c1)C1CCN(C(=O)C2CC2)CC1. The molecule has 0 atom stereocenters. The lowest BCUT2D eigenvalue weighted by molar-refractivity contribution is -0.135. The minimum atomic E-state index is -3.55. The van der Waals surface area contributed by atoms with Gasteiger partial charge in [-0.15, -0.1) is 0 Å². The van der Waals surface area contributed by atoms with E-state index in [1.54, 1.807) is 28.6 Å². The van der Waals surface area contributed by atoms with Gasteiger partial charge in [-0.1, -0.05) is 18.9 Å². The molecule has 2 amide bonds. The van der Waals surface area contributed by atoms with Crippen molar-refractivity contribution in [1.29, 1.82) is 0 Å². The zero-order chi connectivity index (χ0) is 21.1. The normalized spacial score (nSPS) is 21.8. The first kappa shape index (κ1) is 21.3. The number of likely N-dealkylation sites (tertiary alicyclic amines) is 1. The second-order valence-corrected chi connectivity index (χ2v) is 10.6. The maximum absolute atomic E-state index is 13.0. The van der Waals surface area contributed by atoms with Gasteiger partial charge in [0, 0.05) is 43.7 Å². The summed E-state index contributed by atoms with van der Waals surface area (Å²) in [7, 11) is -3.55. The molecule has 0 radical (unpaired) electrons. The number of hydrogen-bond acceptors (Lipinski definition) is 4. The van der Waals surface area contributed by atoms with Crippen molar-refractivity contribution in [1.82, 2.24) is 9.21 Å². The van der Waals surface area contributed by atoms with Crippen LogP contribution >= 0.6 is 0 Å². The van der Waals surface area contributed by atoms with Crippen molar-refractivity contribution in [2.45, 2.75) is 56.3 Å². The van der Waals surface area contributed by atoms with Crippen LogP contribution in [0.3, 0.4) is 0 Å². The fourth-order valence-corrected chi connectivity index (χ4v) is 5.92. The summed E-state index contributed by atoms with van der Waals surface area (Å²) in [4.78, 5) is 27.0. The molecule has 0 aromatic heterocycles. The fourth-order valence-electron chi connectivity index (χ4n) is 4.36. The van der Waals surface area contributed by atoms with Gasteiger partial charge in [-0.2, -0.15) is 4.31 Å². The molecule has 1 saturated carbocycles. The number of anilines is 1. The highest BCUT2D eigenvalue weighted by atomic mass is 32.2. The molecule has 1 aromatic rings. The summed E-state index contributed by atoms with van der Waals surface area (Å²) in [5, 5.41) is 2.89. The van der Waals surface area contributed by atoms with E-state index >= 15 is 0 Å². The summed E-state index contributed by atoms with van der Waals surface area (Å²) in [5.41, 5.74) is 0.507. The van der Waals surface area contributed by atoms with Crippen LogP contribution in [0.4, 0.5) is 5.69 Å². The number of amides is 2. The minimum absolute atomic E-state index is 0.0992. The number of nitrogens with zero attached hydrogens (tertiary/aromatic N) is 2. The topological polar surface area (TPSA) is 86.8 Å². The molecule has 0 spiro atoms. The summed E-state index contributed by atoms with van der Waals surface area (Å²) >= 11 is 0. The summed E-state index contributed by atoms with van der Waals surface area (Å²) in [6, 6.07) is 6.56. The highest BCUT2D eigenvalue weighted by molar-refractivity contribution is 7.89. The molecular weight excluding hydrogens is 402 g/mol. The lowest BCUT2D eigenvalue weighted by Crippen LogP contribution is -2.42. The Morgan fingerprint density at radius 2 is 1.53 bits per heavy atom. The van der Waals surface area contributed by atoms with Crippen molar-refractivity contribution in [3.8, 4) is 0 Å². The van der Waals surface area contributed by atoms with Crippen LogP contribution in [0.15, 0.2) is 29.2 Å². The van der Waals surface area contributed by atoms with Gasteiger partial charge >= 0.3 is 0 Å². The quantitative estimate of drug-likeness (QED) is 0.774. The number of benzene rings is 1. The maximum atomic E-state index is 13.0. The van der Waals surface area contributed by atoms with Crippen molar-refractivity contribution < 1.29 is 18.0 Å². The molecule has 1 N–H and O–H groups in total. The zero-order valence-corrected chi connectivity index (χ0v) is 18.2. The third-order valence-corrected chi connectivity index (χ3v) is 8.30. The van der Waals surface area contributed by atoms with E-state index in [4.69, 9.17) is 0 Å². The Balaban J connectivity index is 1.37. The van der Waals surface area contributed by atoms with Crippen molar-refractivity contribution in [2.75, 3.05) is 31.5 Å². The molecule has 8 heteroatoms. The number of sulfonamides is 1. The van der Waals surface area contributed by atoms with Crippen LogP contribution in [0, 0.1) is 11.8 Å². The van der Waals surface area contributed by atoms with Crippen LogP contribution in [0.5, 0.6) is 0 Å². The van der Waals surface area contributed by atoms with Gasteiger partial charge in [0.05, 0.1) is 4.90 Å². The molecule has 3 aliphatic rings. The Morgan fingerprint density at radius 3 is 2.17 bits per heavy atom. The molecule has 0 unspecified atom stereocenters. The lowest BCUT2D eigenvalue weighted by Gasteiger charge is -2.31. The largest absolute Gasteiger partial charge is 0.342 e. The van der Waals surface area contributed by atoms with Crippen molar-refractivity contribution >= 4 is 27.5 Å². The Morgan fingerprint density at radius 1 is 0.867 bits per heavy atom. The standard InChI is InChI=1S/C22H31N3O4S/c26-21(17-10-14-24(15-11-17)22(27)18-8-9-18)23-19-6-5-7-20(16-19)30(28,29)25-12-3-1-2-4-13-25/h5-7,16-18H,1-4,8-15H2,(H,23,26). The van der Waals surface area contributed by atoms with E-state index < -0.39 is 10.0 Å². The van der Waals surface area contributed by atoms with E-state index in [0.717, 1.165) is 38.5 Å². The van der Waals surface area contributed by atoms with E-state index in [9.17, 15) is 18.0 Å². The van der Waals surface area contributed by atoms with Gasteiger partial charge in [-0.3, -0.25) is 9.59 Å². The average Bonchev–Trinajstić information content (AvgIpc) is 3.60. The highest BCUT2D eigenvalue weighted by Gasteiger charge is 2.36. The minimum Gasteiger partial charge on any atom is -0.342 e. The Hall–Kier alpha value is -1.93. The summed E-state index contributed by atoms with van der Waals surface area (Å²) in [5.74, 6) is 0.196. The molecule has 2 saturated heterocycles. The van der Waals surface area contributed by atoms with Crippen molar-refractivity contribution in [2.24, 2.45) is 11.8 Å². The van der Waals surface area contributed by atoms with Crippen molar-refractivity contribution in [3.05, 3.63) is 24.3 Å². The Labute approximate surface area is 178 Å². The molecule has 2 heterocycles. The van der Waals surface area contributed by atoms with Gasteiger partial charge in [-0.25, -0.2) is 8.42 Å². The van der Waals surface area contributed by atoms with Gasteiger partial charge in [0.2, 0.25) is 21.8 Å². The number of carbonyl (C=O) groups excluding carboxylic acids is 2. The Bertz CT molecular complexity index is 881. The lowest BCUT2D eigenvalue weighted by atomic mass is 9.95. The van der Waals surface area contributed by atoms with E-state index in [1.165, 1.54) is 0 Å². The molecule has 3 fully saturated rings. The van der Waals surface area contributed by atoms with E-state index in [0.29, 0.717) is 44.7 Å². The molecule has 7 nitrogen and oxygen atoms in total. The van der Waals surface area contributed by atoms with Gasteiger partial charge in [0.15, 0.2) is 0 Å². The third kappa shape index (κ3) is 4.86. The second kappa shape index (κ2) is 9.06. The van der Waals surface area contributed by atoms with Crippen LogP contribution in [-0.2, 0) is 19.6 Å². The molecule has 2 aliphatic heterocycles. The maximum Gasteiger partial charge on any atom is 0.243 e. The first-order valence-corrected chi connectivity index (χ1v) is 12.6. The molecule has 1 aromatic carbocycles. The third-order valence-electron chi connectivity index (χ3n) is 6.41. The molecule has 4 rings (SSSR count). The van der Waals surface area contributed by atoms with Crippen LogP contribution in [0.25, 0.3) is 0 Å². The number of nitrogens with one attached hydrogen (secondary N) is 1. The fraction of sp³-hybridized carbons (Fsp3) is 0.636. The predicted octanol–water partition coefficient (Wildman–Crippen LogP) is 2.84. The van der Waals surface area contributed by atoms with Gasteiger partial charge in [-0.05, 0) is 56.7 Å². The van der Waals surface area contributed by atoms with Crippen LogP contribution in [-0.4, -0.2) is 55.6 Å². The number of carbonyl (C=O) groups is 2. The van der Waals surface area contributed by atoms with Crippen LogP contribution in [0.1, 0.15) is 51.4 Å².